The monoisotopic (exact) mass is 348 g/mol. The number of carbonyl (C=O) groups is 1. The lowest BCUT2D eigenvalue weighted by Crippen LogP contribution is -2.55. The van der Waals surface area contributed by atoms with Gasteiger partial charge in [0.2, 0.25) is 0 Å². The lowest BCUT2D eigenvalue weighted by molar-refractivity contribution is 0.0346. The van der Waals surface area contributed by atoms with Crippen LogP contribution in [0.1, 0.15) is 6.92 Å². The summed E-state index contributed by atoms with van der Waals surface area (Å²) < 4.78 is 5.35. The number of hydrogen-bond donors (Lipinski definition) is 2. The van der Waals surface area contributed by atoms with Crippen LogP contribution in [0.25, 0.3) is 0 Å². The van der Waals surface area contributed by atoms with E-state index in [4.69, 9.17) is 4.74 Å². The standard InChI is InChI=1S/C18H28N4O3/c1-15(14-20-9-11-25-12-10-20)19-18(24)22-7-5-21(6-8-22)16-3-2-4-17(23)13-16/h2-4,13,15,23H,5-12,14H2,1H3,(H,19,24). The Labute approximate surface area is 149 Å². The third-order valence-corrected chi connectivity index (χ3v) is 4.77. The number of anilines is 1. The third-order valence-electron chi connectivity index (χ3n) is 4.77. The Morgan fingerprint density at radius 1 is 1.20 bits per heavy atom. The van der Waals surface area contributed by atoms with Crippen molar-refractivity contribution < 1.29 is 14.6 Å². The average Bonchev–Trinajstić information content (AvgIpc) is 2.62. The minimum absolute atomic E-state index is 0.0105. The minimum atomic E-state index is 0.0105. The molecule has 1 aromatic carbocycles. The highest BCUT2D eigenvalue weighted by molar-refractivity contribution is 5.75. The summed E-state index contributed by atoms with van der Waals surface area (Å²) >= 11 is 0. The maximum Gasteiger partial charge on any atom is 0.317 e. The second-order valence-electron chi connectivity index (χ2n) is 6.76. The smallest absolute Gasteiger partial charge is 0.317 e. The van der Waals surface area contributed by atoms with Crippen LogP contribution in [-0.2, 0) is 4.74 Å². The van der Waals surface area contributed by atoms with E-state index >= 15 is 0 Å². The Kier molecular flexibility index (Phi) is 5.99. The van der Waals surface area contributed by atoms with Gasteiger partial charge in [-0.2, -0.15) is 0 Å². The first-order valence-corrected chi connectivity index (χ1v) is 9.01. The predicted octanol–water partition coefficient (Wildman–Crippen LogP) is 0.944. The van der Waals surface area contributed by atoms with E-state index in [1.807, 2.05) is 17.0 Å². The first-order valence-electron chi connectivity index (χ1n) is 9.01. The lowest BCUT2D eigenvalue weighted by Gasteiger charge is -2.37. The number of benzene rings is 1. The van der Waals surface area contributed by atoms with E-state index in [1.54, 1.807) is 12.1 Å². The molecule has 0 bridgehead atoms. The molecule has 138 valence electrons. The Balaban J connectivity index is 1.43. The van der Waals surface area contributed by atoms with Gasteiger partial charge in [0.15, 0.2) is 0 Å². The fourth-order valence-electron chi connectivity index (χ4n) is 3.38. The van der Waals surface area contributed by atoms with Crippen LogP contribution < -0.4 is 10.2 Å². The molecule has 2 aliphatic rings. The van der Waals surface area contributed by atoms with Crippen molar-refractivity contribution in [2.45, 2.75) is 13.0 Å². The molecule has 0 aromatic heterocycles. The molecule has 1 unspecified atom stereocenters. The summed E-state index contributed by atoms with van der Waals surface area (Å²) in [5, 5.41) is 12.7. The van der Waals surface area contributed by atoms with Gasteiger partial charge in [-0.25, -0.2) is 4.79 Å². The Morgan fingerprint density at radius 2 is 1.92 bits per heavy atom. The largest absolute Gasteiger partial charge is 0.508 e. The van der Waals surface area contributed by atoms with Crippen LogP contribution in [0.3, 0.4) is 0 Å². The number of nitrogens with one attached hydrogen (secondary N) is 1. The van der Waals surface area contributed by atoms with E-state index in [0.717, 1.165) is 51.6 Å². The van der Waals surface area contributed by atoms with Gasteiger partial charge < -0.3 is 25.0 Å². The van der Waals surface area contributed by atoms with Gasteiger partial charge in [-0.15, -0.1) is 0 Å². The number of urea groups is 1. The fourth-order valence-corrected chi connectivity index (χ4v) is 3.38. The van der Waals surface area contributed by atoms with Gasteiger partial charge in [0.1, 0.15) is 5.75 Å². The maximum absolute atomic E-state index is 12.5. The molecule has 0 spiro atoms. The van der Waals surface area contributed by atoms with Crippen LogP contribution in [0.5, 0.6) is 5.75 Å². The quantitative estimate of drug-likeness (QED) is 0.848. The molecule has 2 saturated heterocycles. The van der Waals surface area contributed by atoms with Crippen molar-refractivity contribution in [2.24, 2.45) is 0 Å². The molecule has 1 aromatic rings. The van der Waals surface area contributed by atoms with Crippen LogP contribution >= 0.6 is 0 Å². The van der Waals surface area contributed by atoms with Crippen LogP contribution in [0.4, 0.5) is 10.5 Å². The number of morpholine rings is 1. The molecule has 25 heavy (non-hydrogen) atoms. The number of phenols is 1. The summed E-state index contributed by atoms with van der Waals surface area (Å²) in [4.78, 5) is 18.9. The summed E-state index contributed by atoms with van der Waals surface area (Å²) in [6, 6.07) is 7.39. The van der Waals surface area contributed by atoms with Crippen molar-refractivity contribution in [1.29, 1.82) is 0 Å². The average molecular weight is 348 g/mol. The topological polar surface area (TPSA) is 68.3 Å². The van der Waals surface area contributed by atoms with Gasteiger partial charge in [-0.3, -0.25) is 4.90 Å². The number of rotatable bonds is 4. The minimum Gasteiger partial charge on any atom is -0.508 e. The Morgan fingerprint density at radius 3 is 2.60 bits per heavy atom. The highest BCUT2D eigenvalue weighted by Gasteiger charge is 2.23. The van der Waals surface area contributed by atoms with Gasteiger partial charge in [0, 0.05) is 63.6 Å². The number of piperazine rings is 1. The number of phenolic OH excluding ortho intramolecular Hbond substituents is 1. The van der Waals surface area contributed by atoms with Gasteiger partial charge in [0.05, 0.1) is 13.2 Å². The van der Waals surface area contributed by atoms with Gasteiger partial charge in [0.25, 0.3) is 0 Å². The summed E-state index contributed by atoms with van der Waals surface area (Å²) in [6.07, 6.45) is 0. The molecule has 2 fully saturated rings. The van der Waals surface area contributed by atoms with E-state index in [9.17, 15) is 9.90 Å². The summed E-state index contributed by atoms with van der Waals surface area (Å²) in [5.41, 5.74) is 1.00. The predicted molar refractivity (Wildman–Crippen MR) is 97.1 cm³/mol. The van der Waals surface area contributed by atoms with Crippen molar-refractivity contribution in [1.82, 2.24) is 15.1 Å². The van der Waals surface area contributed by atoms with Crippen LogP contribution in [0.15, 0.2) is 24.3 Å². The number of carbonyl (C=O) groups excluding carboxylic acids is 1. The van der Waals surface area contributed by atoms with Crippen molar-refractivity contribution in [3.05, 3.63) is 24.3 Å². The molecule has 2 aliphatic heterocycles. The molecule has 1 atom stereocenters. The van der Waals surface area contributed by atoms with Gasteiger partial charge in [-0.05, 0) is 19.1 Å². The van der Waals surface area contributed by atoms with Crippen molar-refractivity contribution in [3.8, 4) is 5.75 Å². The van der Waals surface area contributed by atoms with Crippen molar-refractivity contribution in [2.75, 3.05) is 63.9 Å². The molecular weight excluding hydrogens is 320 g/mol. The summed E-state index contributed by atoms with van der Waals surface area (Å²) in [7, 11) is 0. The molecule has 0 saturated carbocycles. The SMILES string of the molecule is CC(CN1CCOCC1)NC(=O)N1CCN(c2cccc(O)c2)CC1. The third kappa shape index (κ3) is 4.99. The van der Waals surface area contributed by atoms with Crippen LogP contribution in [0, 0.1) is 0 Å². The zero-order chi connectivity index (χ0) is 17.6. The molecule has 7 nitrogen and oxygen atoms in total. The first kappa shape index (κ1) is 17.8. The number of nitrogens with zero attached hydrogens (tertiary/aromatic N) is 3. The summed E-state index contributed by atoms with van der Waals surface area (Å²) in [5.74, 6) is 0.273. The zero-order valence-corrected chi connectivity index (χ0v) is 14.9. The molecule has 2 heterocycles. The van der Waals surface area contributed by atoms with Crippen LogP contribution in [-0.4, -0.2) is 86.0 Å². The normalized spacial score (nSPS) is 20.4. The first-order chi connectivity index (χ1) is 12.1. The number of hydrogen-bond acceptors (Lipinski definition) is 5. The highest BCUT2D eigenvalue weighted by atomic mass is 16.5. The van der Waals surface area contributed by atoms with Crippen molar-refractivity contribution in [3.63, 3.8) is 0 Å². The Hall–Kier alpha value is -1.99. The number of amides is 2. The second-order valence-corrected chi connectivity index (χ2v) is 6.76. The van der Waals surface area contributed by atoms with E-state index < -0.39 is 0 Å². The molecule has 2 amide bonds. The molecule has 7 heteroatoms. The van der Waals surface area contributed by atoms with Crippen molar-refractivity contribution >= 4 is 11.7 Å². The van der Waals surface area contributed by atoms with E-state index in [0.29, 0.717) is 13.1 Å². The van der Waals surface area contributed by atoms with E-state index in [2.05, 4.69) is 22.0 Å². The maximum atomic E-state index is 12.5. The lowest BCUT2D eigenvalue weighted by atomic mass is 10.2. The van der Waals surface area contributed by atoms with Gasteiger partial charge >= 0.3 is 6.03 Å². The number of aromatic hydroxyl groups is 1. The number of ether oxygens (including phenoxy) is 1. The zero-order valence-electron chi connectivity index (χ0n) is 14.9. The fraction of sp³-hybridized carbons (Fsp3) is 0.611. The second kappa shape index (κ2) is 8.40. The summed E-state index contributed by atoms with van der Waals surface area (Å²) in [6.45, 7) is 9.25. The van der Waals surface area contributed by atoms with Gasteiger partial charge in [-0.1, -0.05) is 6.07 Å². The van der Waals surface area contributed by atoms with Crippen LogP contribution in [0.2, 0.25) is 0 Å². The molecule has 3 rings (SSSR count). The molecule has 0 radical (unpaired) electrons. The molecule has 0 aliphatic carbocycles. The highest BCUT2D eigenvalue weighted by Crippen LogP contribution is 2.21. The molecule has 2 N–H and O–H groups in total. The van der Waals surface area contributed by atoms with E-state index in [-0.39, 0.29) is 17.8 Å². The van der Waals surface area contributed by atoms with E-state index in [1.165, 1.54) is 0 Å². The molecular formula is C18H28N4O3. The Bertz CT molecular complexity index is 569.